The molecule has 34 heavy (non-hydrogen) atoms. The van der Waals surface area contributed by atoms with E-state index in [1.807, 2.05) is 25.7 Å². The zero-order chi connectivity index (χ0) is 24.3. The highest BCUT2D eigenvalue weighted by Gasteiger charge is 2.45. The average molecular weight is 497 g/mol. The number of benzene rings is 1. The lowest BCUT2D eigenvalue weighted by atomic mass is 10.2. The van der Waals surface area contributed by atoms with Crippen LogP contribution in [0.25, 0.3) is 21.7 Å². The summed E-state index contributed by atoms with van der Waals surface area (Å²) in [6.07, 6.45) is -1.95. The van der Waals surface area contributed by atoms with Gasteiger partial charge in [-0.05, 0) is 39.7 Å². The third kappa shape index (κ3) is 4.50. The Kier molecular flexibility index (Phi) is 5.38. The first-order chi connectivity index (χ1) is 16.0. The van der Waals surface area contributed by atoms with E-state index >= 15 is 0 Å². The molecule has 2 bridgehead atoms. The number of alkyl halides is 3. The molecule has 1 amide bonds. The summed E-state index contributed by atoms with van der Waals surface area (Å²) < 4.78 is 54.4. The normalized spacial score (nSPS) is 20.8. The Morgan fingerprint density at radius 1 is 1.18 bits per heavy atom. The number of ether oxygens (including phenoxy) is 2. The van der Waals surface area contributed by atoms with E-state index in [4.69, 9.17) is 9.15 Å². The van der Waals surface area contributed by atoms with Crippen LogP contribution in [0.1, 0.15) is 33.6 Å². The molecule has 2 aromatic heterocycles. The maximum absolute atomic E-state index is 12.9. The van der Waals surface area contributed by atoms with E-state index in [1.165, 1.54) is 23.5 Å². The molecule has 5 rings (SSSR count). The Balaban J connectivity index is 1.45. The minimum Gasteiger partial charge on any atom is -0.444 e. The predicted molar refractivity (Wildman–Crippen MR) is 119 cm³/mol. The number of piperazine rings is 1. The van der Waals surface area contributed by atoms with Crippen LogP contribution in [0.3, 0.4) is 0 Å². The highest BCUT2D eigenvalue weighted by atomic mass is 32.1. The van der Waals surface area contributed by atoms with Gasteiger partial charge in [-0.15, -0.1) is 24.5 Å². The molecule has 0 N–H and O–H groups in total. The second kappa shape index (κ2) is 8.03. The highest BCUT2D eigenvalue weighted by Crippen LogP contribution is 2.39. The van der Waals surface area contributed by atoms with Crippen molar-refractivity contribution in [3.05, 3.63) is 23.7 Å². The van der Waals surface area contributed by atoms with Crippen molar-refractivity contribution in [3.8, 4) is 16.3 Å². The number of amides is 1. The van der Waals surface area contributed by atoms with Crippen molar-refractivity contribution in [3.63, 3.8) is 0 Å². The van der Waals surface area contributed by atoms with Gasteiger partial charge in [-0.3, -0.25) is 4.90 Å². The molecule has 0 aliphatic carbocycles. The number of carbonyl (C=O) groups excluding carboxylic acids is 1. The van der Waals surface area contributed by atoms with Gasteiger partial charge in [-0.25, -0.2) is 9.78 Å². The molecule has 0 saturated carbocycles. The van der Waals surface area contributed by atoms with Crippen molar-refractivity contribution < 1.29 is 31.9 Å². The Labute approximate surface area is 197 Å². The van der Waals surface area contributed by atoms with Crippen LogP contribution in [-0.4, -0.2) is 58.1 Å². The Bertz CT molecular complexity index is 1190. The number of halogens is 3. The third-order valence-corrected chi connectivity index (χ3v) is 6.51. The molecule has 0 spiro atoms. The van der Waals surface area contributed by atoms with Crippen LogP contribution in [0, 0.1) is 0 Å². The Morgan fingerprint density at radius 2 is 1.88 bits per heavy atom. The number of oxazole rings is 1. The molecule has 2 aliphatic heterocycles. The first-order valence-electron chi connectivity index (χ1n) is 10.8. The lowest BCUT2D eigenvalue weighted by Crippen LogP contribution is -2.56. The van der Waals surface area contributed by atoms with E-state index in [0.717, 1.165) is 12.8 Å². The molecule has 2 aliphatic rings. The van der Waals surface area contributed by atoms with Gasteiger partial charge in [-0.1, -0.05) is 0 Å². The lowest BCUT2D eigenvalue weighted by Gasteiger charge is -2.40. The molecular weight excluding hydrogens is 473 g/mol. The van der Waals surface area contributed by atoms with E-state index in [1.54, 1.807) is 16.5 Å². The van der Waals surface area contributed by atoms with Crippen LogP contribution in [0.4, 0.5) is 24.0 Å². The molecule has 2 atom stereocenters. The lowest BCUT2D eigenvalue weighted by molar-refractivity contribution is -0.274. The van der Waals surface area contributed by atoms with E-state index in [-0.39, 0.29) is 35.5 Å². The van der Waals surface area contributed by atoms with E-state index in [0.29, 0.717) is 29.2 Å². The summed E-state index contributed by atoms with van der Waals surface area (Å²) in [4.78, 5) is 25.1. The number of thiazole rings is 1. The van der Waals surface area contributed by atoms with Gasteiger partial charge in [0.1, 0.15) is 21.9 Å². The van der Waals surface area contributed by atoms with Gasteiger partial charge in [0.2, 0.25) is 0 Å². The number of rotatable bonds is 3. The van der Waals surface area contributed by atoms with Gasteiger partial charge >= 0.3 is 12.5 Å². The third-order valence-electron chi connectivity index (χ3n) is 5.71. The summed E-state index contributed by atoms with van der Waals surface area (Å²) in [6, 6.07) is 2.63. The molecule has 182 valence electrons. The summed E-state index contributed by atoms with van der Waals surface area (Å²) in [7, 11) is 0. The van der Waals surface area contributed by atoms with Gasteiger partial charge in [0.05, 0.1) is 17.6 Å². The minimum absolute atomic E-state index is 0.0637. The van der Waals surface area contributed by atoms with Gasteiger partial charge < -0.3 is 18.8 Å². The molecule has 3 aromatic rings. The Hall–Kier alpha value is -3.02. The van der Waals surface area contributed by atoms with Crippen molar-refractivity contribution >= 4 is 34.5 Å². The number of aromatic nitrogens is 2. The zero-order valence-electron chi connectivity index (χ0n) is 18.8. The Morgan fingerprint density at radius 3 is 2.47 bits per heavy atom. The summed E-state index contributed by atoms with van der Waals surface area (Å²) in [6.45, 7) is 6.47. The fourth-order valence-electron chi connectivity index (χ4n) is 4.51. The first-order valence-corrected chi connectivity index (χ1v) is 11.7. The van der Waals surface area contributed by atoms with Crippen LogP contribution in [0.5, 0.6) is 5.75 Å². The zero-order valence-corrected chi connectivity index (χ0v) is 19.6. The first kappa shape index (κ1) is 22.8. The van der Waals surface area contributed by atoms with Crippen molar-refractivity contribution in [1.29, 1.82) is 0 Å². The van der Waals surface area contributed by atoms with Crippen molar-refractivity contribution in [1.82, 2.24) is 14.9 Å². The van der Waals surface area contributed by atoms with Crippen LogP contribution in [0.15, 0.2) is 28.1 Å². The molecular formula is C22H23F3N4O4S. The number of hydrogen-bond acceptors (Lipinski definition) is 8. The summed E-state index contributed by atoms with van der Waals surface area (Å²) >= 11 is 1.27. The molecule has 12 heteroatoms. The quantitative estimate of drug-likeness (QED) is 0.478. The molecule has 4 heterocycles. The van der Waals surface area contributed by atoms with Crippen LogP contribution < -0.4 is 9.64 Å². The van der Waals surface area contributed by atoms with Crippen LogP contribution in [-0.2, 0) is 4.74 Å². The number of nitrogens with zero attached hydrogens (tertiary/aromatic N) is 4. The largest absolute Gasteiger partial charge is 0.573 e. The van der Waals surface area contributed by atoms with E-state index < -0.39 is 12.0 Å². The molecule has 1 aromatic carbocycles. The second-order valence-corrected chi connectivity index (χ2v) is 10.3. The molecule has 2 saturated heterocycles. The second-order valence-electron chi connectivity index (χ2n) is 9.38. The maximum Gasteiger partial charge on any atom is 0.573 e. The van der Waals surface area contributed by atoms with Crippen LogP contribution in [0.2, 0.25) is 0 Å². The standard InChI is InChI=1S/C22H23F3N4O4S/c1-21(2,3)33-20(30)29-12-4-5-13(29)11-28(10-12)19-27-16-9-14(32-22(23,24)25)8-15(17(16)31-19)18-26-6-7-34-18/h6-9,12-13H,4-5,10-11H2,1-3H3. The maximum atomic E-state index is 12.9. The van der Waals surface area contributed by atoms with Gasteiger partial charge in [0.25, 0.3) is 6.01 Å². The van der Waals surface area contributed by atoms with Gasteiger partial charge in [-0.2, -0.15) is 4.98 Å². The minimum atomic E-state index is -4.84. The monoisotopic (exact) mass is 496 g/mol. The topological polar surface area (TPSA) is 80.9 Å². The average Bonchev–Trinajstić information content (AvgIpc) is 3.43. The fourth-order valence-corrected chi connectivity index (χ4v) is 5.16. The smallest absolute Gasteiger partial charge is 0.444 e. The fraction of sp³-hybridized carbons (Fsp3) is 0.500. The predicted octanol–water partition coefficient (Wildman–Crippen LogP) is 5.44. The molecule has 0 radical (unpaired) electrons. The number of fused-ring (bicyclic) bond motifs is 3. The molecule has 2 fully saturated rings. The number of anilines is 1. The summed E-state index contributed by atoms with van der Waals surface area (Å²) in [5, 5.41) is 2.22. The van der Waals surface area contributed by atoms with Gasteiger partial charge in [0.15, 0.2) is 5.58 Å². The SMILES string of the molecule is CC(C)(C)OC(=O)N1C2CCC1CN(c1nc3cc(OC(F)(F)F)cc(-c4nccs4)c3o1)C2. The number of hydrogen-bond donors (Lipinski definition) is 0. The summed E-state index contributed by atoms with van der Waals surface area (Å²) in [5.41, 5.74) is 0.363. The number of carbonyl (C=O) groups is 1. The van der Waals surface area contributed by atoms with Crippen LogP contribution >= 0.6 is 11.3 Å². The van der Waals surface area contributed by atoms with Crippen molar-refractivity contribution in [2.75, 3.05) is 18.0 Å². The highest BCUT2D eigenvalue weighted by molar-refractivity contribution is 7.13. The van der Waals surface area contributed by atoms with E-state index in [9.17, 15) is 18.0 Å². The van der Waals surface area contributed by atoms with Crippen molar-refractivity contribution in [2.24, 2.45) is 0 Å². The van der Waals surface area contributed by atoms with Gasteiger partial charge in [0, 0.05) is 30.7 Å². The summed E-state index contributed by atoms with van der Waals surface area (Å²) in [5.74, 6) is -0.389. The van der Waals surface area contributed by atoms with E-state index in [2.05, 4.69) is 14.7 Å². The molecule has 8 nitrogen and oxygen atoms in total. The molecule has 2 unspecified atom stereocenters. The van der Waals surface area contributed by atoms with Crippen molar-refractivity contribution in [2.45, 2.75) is 57.7 Å².